The van der Waals surface area contributed by atoms with E-state index < -0.39 is 23.4 Å². The van der Waals surface area contributed by atoms with Crippen molar-refractivity contribution in [3.05, 3.63) is 70.8 Å². The van der Waals surface area contributed by atoms with E-state index in [-0.39, 0.29) is 42.6 Å². The van der Waals surface area contributed by atoms with E-state index in [9.17, 15) is 18.4 Å². The molecule has 0 saturated heterocycles. The monoisotopic (exact) mass is 531 g/mol. The predicted octanol–water partition coefficient (Wildman–Crippen LogP) is 2.05. The van der Waals surface area contributed by atoms with Crippen LogP contribution in [0.5, 0.6) is 0 Å². The Labute approximate surface area is 190 Å². The standard InChI is InChI=1S/C20H23F2N5O2.HI/c1-2-24-20(27-11-15-9-16(21)7-8-17(15)22)26-10-13-3-5-14(6-4-13)19(29)25-12-18(23)28;/h3-9H,2,10-12H2,1H3,(H2,23,28)(H,25,29)(H2,24,26,27);1H. The second-order valence-corrected chi connectivity index (χ2v) is 6.13. The van der Waals surface area contributed by atoms with E-state index in [1.807, 2.05) is 6.92 Å². The summed E-state index contributed by atoms with van der Waals surface area (Å²) in [6.07, 6.45) is 0. The van der Waals surface area contributed by atoms with Crippen molar-refractivity contribution in [2.75, 3.05) is 13.1 Å². The highest BCUT2D eigenvalue weighted by Crippen LogP contribution is 2.09. The lowest BCUT2D eigenvalue weighted by Gasteiger charge is -2.12. The molecule has 0 radical (unpaired) electrons. The van der Waals surface area contributed by atoms with Crippen LogP contribution in [-0.2, 0) is 17.9 Å². The molecule has 0 bridgehead atoms. The topological polar surface area (TPSA) is 109 Å². The molecule has 0 aliphatic rings. The van der Waals surface area contributed by atoms with Crippen LogP contribution >= 0.6 is 24.0 Å². The molecule has 0 aromatic heterocycles. The predicted molar refractivity (Wildman–Crippen MR) is 121 cm³/mol. The van der Waals surface area contributed by atoms with Gasteiger partial charge in [0.15, 0.2) is 5.96 Å². The van der Waals surface area contributed by atoms with Crippen molar-refractivity contribution in [1.29, 1.82) is 0 Å². The van der Waals surface area contributed by atoms with Crippen LogP contribution in [0.25, 0.3) is 0 Å². The fourth-order valence-electron chi connectivity index (χ4n) is 2.40. The lowest BCUT2D eigenvalue weighted by molar-refractivity contribution is -0.117. The van der Waals surface area contributed by atoms with Gasteiger partial charge in [-0.1, -0.05) is 12.1 Å². The summed E-state index contributed by atoms with van der Waals surface area (Å²) in [5, 5.41) is 8.39. The van der Waals surface area contributed by atoms with Gasteiger partial charge in [0.1, 0.15) is 11.6 Å². The normalized spacial score (nSPS) is 10.7. The zero-order valence-electron chi connectivity index (χ0n) is 16.4. The number of carbonyl (C=O) groups excluding carboxylic acids is 2. The lowest BCUT2D eigenvalue weighted by atomic mass is 10.1. The third-order valence-electron chi connectivity index (χ3n) is 3.86. The van der Waals surface area contributed by atoms with Crippen molar-refractivity contribution >= 4 is 41.8 Å². The van der Waals surface area contributed by atoms with Gasteiger partial charge in [-0.05, 0) is 42.8 Å². The van der Waals surface area contributed by atoms with Gasteiger partial charge in [-0.25, -0.2) is 13.8 Å². The molecule has 0 aliphatic carbocycles. The highest BCUT2D eigenvalue weighted by Gasteiger charge is 2.07. The number of nitrogens with zero attached hydrogens (tertiary/aromatic N) is 1. The van der Waals surface area contributed by atoms with Crippen molar-refractivity contribution in [2.45, 2.75) is 20.0 Å². The summed E-state index contributed by atoms with van der Waals surface area (Å²) < 4.78 is 27.0. The Kier molecular flexibility index (Phi) is 10.7. The molecule has 0 unspecified atom stereocenters. The Hall–Kier alpha value is -2.76. The number of benzene rings is 2. The summed E-state index contributed by atoms with van der Waals surface area (Å²) >= 11 is 0. The number of rotatable bonds is 8. The van der Waals surface area contributed by atoms with Crippen LogP contribution < -0.4 is 21.7 Å². The van der Waals surface area contributed by atoms with Gasteiger partial charge >= 0.3 is 0 Å². The minimum absolute atomic E-state index is 0. The highest BCUT2D eigenvalue weighted by atomic mass is 127. The van der Waals surface area contributed by atoms with Gasteiger partial charge < -0.3 is 21.7 Å². The van der Waals surface area contributed by atoms with Gasteiger partial charge in [0, 0.05) is 24.2 Å². The van der Waals surface area contributed by atoms with Gasteiger partial charge in [0.25, 0.3) is 5.91 Å². The summed E-state index contributed by atoms with van der Waals surface area (Å²) in [6, 6.07) is 9.98. The van der Waals surface area contributed by atoms with Crippen molar-refractivity contribution < 1.29 is 18.4 Å². The third kappa shape index (κ3) is 8.31. The first-order chi connectivity index (χ1) is 13.9. The maximum absolute atomic E-state index is 13.7. The van der Waals surface area contributed by atoms with Crippen LogP contribution in [0.2, 0.25) is 0 Å². The Morgan fingerprint density at radius 1 is 1.03 bits per heavy atom. The zero-order valence-corrected chi connectivity index (χ0v) is 18.7. The number of halogens is 3. The smallest absolute Gasteiger partial charge is 0.251 e. The molecule has 2 amide bonds. The van der Waals surface area contributed by atoms with Gasteiger partial charge in [-0.15, -0.1) is 24.0 Å². The zero-order chi connectivity index (χ0) is 21.2. The van der Waals surface area contributed by atoms with E-state index in [1.54, 1.807) is 24.3 Å². The van der Waals surface area contributed by atoms with Crippen LogP contribution in [0.15, 0.2) is 47.5 Å². The second-order valence-electron chi connectivity index (χ2n) is 6.13. The van der Waals surface area contributed by atoms with Crippen LogP contribution in [0.1, 0.15) is 28.4 Å². The average Bonchev–Trinajstić information content (AvgIpc) is 2.71. The first-order valence-electron chi connectivity index (χ1n) is 9.00. The molecule has 2 aromatic carbocycles. The molecule has 0 spiro atoms. The maximum Gasteiger partial charge on any atom is 0.251 e. The number of hydrogen-bond acceptors (Lipinski definition) is 3. The largest absolute Gasteiger partial charge is 0.368 e. The molecule has 0 saturated carbocycles. The molecule has 2 aromatic rings. The first kappa shape index (κ1) is 25.3. The van der Waals surface area contributed by atoms with Crippen LogP contribution in [0.3, 0.4) is 0 Å². The number of nitrogens with two attached hydrogens (primary N) is 1. The first-order valence-corrected chi connectivity index (χ1v) is 9.00. The molecular formula is C20H24F2IN5O2. The second kappa shape index (κ2) is 12.7. The Morgan fingerprint density at radius 2 is 1.73 bits per heavy atom. The molecule has 0 fully saturated rings. The summed E-state index contributed by atoms with van der Waals surface area (Å²) in [6.45, 7) is 2.64. The average molecular weight is 531 g/mol. The third-order valence-corrected chi connectivity index (χ3v) is 3.86. The summed E-state index contributed by atoms with van der Waals surface area (Å²) in [5.74, 6) is -1.58. The van der Waals surface area contributed by atoms with Gasteiger partial charge in [0.2, 0.25) is 5.91 Å². The van der Waals surface area contributed by atoms with E-state index in [4.69, 9.17) is 5.73 Å². The van der Waals surface area contributed by atoms with Crippen molar-refractivity contribution in [2.24, 2.45) is 10.7 Å². The number of guanidine groups is 1. The molecule has 0 atom stereocenters. The van der Waals surface area contributed by atoms with E-state index >= 15 is 0 Å². The van der Waals surface area contributed by atoms with Gasteiger partial charge in [-0.3, -0.25) is 9.59 Å². The fraction of sp³-hybridized carbons (Fsp3) is 0.250. The maximum atomic E-state index is 13.7. The number of hydrogen-bond donors (Lipinski definition) is 4. The van der Waals surface area contributed by atoms with E-state index in [1.165, 1.54) is 0 Å². The number of amides is 2. The Morgan fingerprint density at radius 3 is 2.37 bits per heavy atom. The van der Waals surface area contributed by atoms with Gasteiger partial charge in [-0.2, -0.15) is 0 Å². The minimum atomic E-state index is -0.620. The van der Waals surface area contributed by atoms with Crippen molar-refractivity contribution in [3.8, 4) is 0 Å². The van der Waals surface area contributed by atoms with E-state index in [2.05, 4.69) is 20.9 Å². The molecule has 0 aliphatic heterocycles. The Bertz CT molecular complexity index is 891. The molecular weight excluding hydrogens is 507 g/mol. The van der Waals surface area contributed by atoms with Crippen molar-refractivity contribution in [1.82, 2.24) is 16.0 Å². The number of primary amides is 1. The summed E-state index contributed by atoms with van der Waals surface area (Å²) in [5.41, 5.74) is 6.42. The number of carbonyl (C=O) groups is 2. The quantitative estimate of drug-likeness (QED) is 0.238. The van der Waals surface area contributed by atoms with Crippen LogP contribution in [0.4, 0.5) is 8.78 Å². The van der Waals surface area contributed by atoms with E-state index in [0.717, 1.165) is 23.8 Å². The SMILES string of the molecule is CCNC(=NCc1ccc(C(=O)NCC(N)=O)cc1)NCc1cc(F)ccc1F.I. The molecule has 0 heterocycles. The highest BCUT2D eigenvalue weighted by molar-refractivity contribution is 14.0. The van der Waals surface area contributed by atoms with Crippen molar-refractivity contribution in [3.63, 3.8) is 0 Å². The number of aliphatic imine (C=N–C) groups is 1. The fourth-order valence-corrected chi connectivity index (χ4v) is 2.40. The van der Waals surface area contributed by atoms with Gasteiger partial charge in [0.05, 0.1) is 13.1 Å². The van der Waals surface area contributed by atoms with Crippen LogP contribution in [-0.4, -0.2) is 30.9 Å². The molecule has 7 nitrogen and oxygen atoms in total. The van der Waals surface area contributed by atoms with Crippen LogP contribution in [0, 0.1) is 11.6 Å². The molecule has 162 valence electrons. The summed E-state index contributed by atoms with van der Waals surface area (Å²) in [7, 11) is 0. The number of nitrogens with one attached hydrogen (secondary N) is 3. The molecule has 2 rings (SSSR count). The Balaban J connectivity index is 0.00000450. The molecule has 5 N–H and O–H groups in total. The molecule has 30 heavy (non-hydrogen) atoms. The van der Waals surface area contributed by atoms with E-state index in [0.29, 0.717) is 24.6 Å². The lowest BCUT2D eigenvalue weighted by Crippen LogP contribution is -2.37. The minimum Gasteiger partial charge on any atom is -0.368 e. The molecule has 10 heteroatoms. The summed E-state index contributed by atoms with van der Waals surface area (Å²) in [4.78, 5) is 27.0.